The first kappa shape index (κ1) is 17.9. The zero-order valence-corrected chi connectivity index (χ0v) is 16.6. The summed E-state index contributed by atoms with van der Waals surface area (Å²) in [5, 5.41) is 2.15. The van der Waals surface area contributed by atoms with Crippen LogP contribution in [0.1, 0.15) is 29.3 Å². The summed E-state index contributed by atoms with van der Waals surface area (Å²) in [5.74, 6) is 0.646. The molecule has 1 aliphatic heterocycles. The summed E-state index contributed by atoms with van der Waals surface area (Å²) in [4.78, 5) is 16.3. The monoisotopic (exact) mass is 393 g/mol. The SMILES string of the molecule is CN(C)S(=O)(=O)c1ccc(=O)n(CN2CCc3sccc3[C@@H]2C2CC2)c1. The molecule has 26 heavy (non-hydrogen) atoms. The van der Waals surface area contributed by atoms with E-state index >= 15 is 0 Å². The minimum Gasteiger partial charge on any atom is -0.301 e. The molecule has 1 aliphatic carbocycles. The Morgan fingerprint density at radius 1 is 1.23 bits per heavy atom. The first-order chi connectivity index (χ1) is 12.4. The van der Waals surface area contributed by atoms with Crippen molar-refractivity contribution in [2.75, 3.05) is 20.6 Å². The molecule has 140 valence electrons. The van der Waals surface area contributed by atoms with Gasteiger partial charge in [-0.05, 0) is 48.3 Å². The third-order valence-electron chi connectivity index (χ3n) is 5.26. The maximum Gasteiger partial charge on any atom is 0.251 e. The fraction of sp³-hybridized carbons (Fsp3) is 0.500. The zero-order chi connectivity index (χ0) is 18.5. The quantitative estimate of drug-likeness (QED) is 0.781. The van der Waals surface area contributed by atoms with Gasteiger partial charge in [-0.3, -0.25) is 9.69 Å². The van der Waals surface area contributed by atoms with Gasteiger partial charge in [-0.25, -0.2) is 12.7 Å². The van der Waals surface area contributed by atoms with E-state index in [2.05, 4.69) is 16.3 Å². The molecule has 1 saturated carbocycles. The van der Waals surface area contributed by atoms with Gasteiger partial charge in [0.05, 0.1) is 11.6 Å². The van der Waals surface area contributed by atoms with Crippen LogP contribution in [0.3, 0.4) is 0 Å². The van der Waals surface area contributed by atoms with Gasteiger partial charge in [0, 0.05) is 43.8 Å². The van der Waals surface area contributed by atoms with E-state index in [1.54, 1.807) is 0 Å². The highest BCUT2D eigenvalue weighted by atomic mass is 32.2. The Balaban J connectivity index is 1.66. The maximum absolute atomic E-state index is 12.4. The van der Waals surface area contributed by atoms with Crippen molar-refractivity contribution in [3.8, 4) is 0 Å². The molecule has 0 unspecified atom stereocenters. The van der Waals surface area contributed by atoms with E-state index in [0.29, 0.717) is 18.6 Å². The lowest BCUT2D eigenvalue weighted by molar-refractivity contribution is 0.123. The van der Waals surface area contributed by atoms with E-state index in [4.69, 9.17) is 0 Å². The molecule has 3 heterocycles. The minimum absolute atomic E-state index is 0.151. The predicted octanol–water partition coefficient (Wildman–Crippen LogP) is 2.13. The number of fused-ring (bicyclic) bond motifs is 1. The molecule has 2 aliphatic rings. The molecule has 8 heteroatoms. The van der Waals surface area contributed by atoms with Crippen LogP contribution in [0.2, 0.25) is 0 Å². The van der Waals surface area contributed by atoms with Gasteiger partial charge in [-0.15, -0.1) is 11.3 Å². The summed E-state index contributed by atoms with van der Waals surface area (Å²) in [5.41, 5.74) is 1.22. The largest absolute Gasteiger partial charge is 0.301 e. The van der Waals surface area contributed by atoms with Crippen LogP contribution in [0.4, 0.5) is 0 Å². The zero-order valence-electron chi connectivity index (χ0n) is 15.0. The molecule has 0 radical (unpaired) electrons. The summed E-state index contributed by atoms with van der Waals surface area (Å²) >= 11 is 1.81. The number of nitrogens with zero attached hydrogens (tertiary/aromatic N) is 3. The normalized spacial score (nSPS) is 21.1. The average Bonchev–Trinajstić information content (AvgIpc) is 3.32. The van der Waals surface area contributed by atoms with Crippen LogP contribution in [0.15, 0.2) is 39.5 Å². The lowest BCUT2D eigenvalue weighted by Crippen LogP contribution is -2.40. The molecule has 1 atom stereocenters. The molecule has 4 rings (SSSR count). The summed E-state index contributed by atoms with van der Waals surface area (Å²) in [6, 6.07) is 5.29. The van der Waals surface area contributed by atoms with Gasteiger partial charge < -0.3 is 4.57 Å². The second-order valence-electron chi connectivity index (χ2n) is 7.25. The van der Waals surface area contributed by atoms with Crippen molar-refractivity contribution in [3.63, 3.8) is 0 Å². The van der Waals surface area contributed by atoms with Crippen LogP contribution in [-0.2, 0) is 23.1 Å². The van der Waals surface area contributed by atoms with E-state index in [-0.39, 0.29) is 10.5 Å². The highest BCUT2D eigenvalue weighted by molar-refractivity contribution is 7.89. The van der Waals surface area contributed by atoms with Crippen molar-refractivity contribution in [2.45, 2.75) is 36.9 Å². The maximum atomic E-state index is 12.4. The van der Waals surface area contributed by atoms with E-state index in [1.807, 2.05) is 11.3 Å². The molecule has 0 aromatic carbocycles. The van der Waals surface area contributed by atoms with Crippen LogP contribution in [0.25, 0.3) is 0 Å². The highest BCUT2D eigenvalue weighted by Gasteiger charge is 2.40. The lowest BCUT2D eigenvalue weighted by atomic mass is 9.96. The van der Waals surface area contributed by atoms with Gasteiger partial charge >= 0.3 is 0 Å². The smallest absolute Gasteiger partial charge is 0.251 e. The Morgan fingerprint density at radius 3 is 2.69 bits per heavy atom. The van der Waals surface area contributed by atoms with Crippen LogP contribution < -0.4 is 5.56 Å². The van der Waals surface area contributed by atoms with Crippen molar-refractivity contribution in [1.82, 2.24) is 13.8 Å². The summed E-state index contributed by atoms with van der Waals surface area (Å²) in [7, 11) is -0.564. The Morgan fingerprint density at radius 2 is 2.00 bits per heavy atom. The Kier molecular flexibility index (Phi) is 4.54. The van der Waals surface area contributed by atoms with Crippen molar-refractivity contribution in [2.24, 2.45) is 5.92 Å². The van der Waals surface area contributed by atoms with E-state index in [0.717, 1.165) is 13.0 Å². The standard InChI is InChI=1S/C18H23N3O3S2/c1-19(2)26(23,24)14-5-6-17(22)21(11-14)12-20-9-7-16-15(8-10-25-16)18(20)13-3-4-13/h5-6,8,10-11,13,18H,3-4,7,9,12H2,1-2H3/t18-/m0/s1. The molecule has 2 aromatic rings. The highest BCUT2D eigenvalue weighted by Crippen LogP contribution is 2.48. The number of hydrogen-bond donors (Lipinski definition) is 0. The van der Waals surface area contributed by atoms with Crippen LogP contribution in [-0.4, -0.2) is 42.8 Å². The van der Waals surface area contributed by atoms with Crippen molar-refractivity contribution in [3.05, 3.63) is 50.6 Å². The Labute approximate surface area is 157 Å². The predicted molar refractivity (Wildman–Crippen MR) is 102 cm³/mol. The number of rotatable bonds is 5. The molecule has 6 nitrogen and oxygen atoms in total. The van der Waals surface area contributed by atoms with Crippen molar-refractivity contribution in [1.29, 1.82) is 0 Å². The van der Waals surface area contributed by atoms with Gasteiger partial charge in [0.1, 0.15) is 0 Å². The second kappa shape index (κ2) is 6.60. The Bertz CT molecular complexity index is 974. The van der Waals surface area contributed by atoms with Gasteiger partial charge in [0.15, 0.2) is 0 Å². The molecule has 0 spiro atoms. The first-order valence-corrected chi connectivity index (χ1v) is 11.1. The minimum atomic E-state index is -3.56. The van der Waals surface area contributed by atoms with E-state index in [9.17, 15) is 13.2 Å². The third-order valence-corrected chi connectivity index (χ3v) is 8.05. The summed E-state index contributed by atoms with van der Waals surface area (Å²) in [6.45, 7) is 1.32. The van der Waals surface area contributed by atoms with Gasteiger partial charge in [0.2, 0.25) is 10.0 Å². The van der Waals surface area contributed by atoms with Crippen LogP contribution >= 0.6 is 11.3 Å². The van der Waals surface area contributed by atoms with E-state index < -0.39 is 10.0 Å². The number of hydrogen-bond acceptors (Lipinski definition) is 5. The van der Waals surface area contributed by atoms with Crippen molar-refractivity contribution >= 4 is 21.4 Å². The molecular formula is C18H23N3O3S2. The molecule has 2 aromatic heterocycles. The summed E-state index contributed by atoms with van der Waals surface area (Å²) < 4.78 is 27.5. The molecule has 0 N–H and O–H groups in total. The molecule has 0 bridgehead atoms. The van der Waals surface area contributed by atoms with Crippen molar-refractivity contribution < 1.29 is 8.42 Å². The summed E-state index contributed by atoms with van der Waals surface area (Å²) in [6.07, 6.45) is 4.91. The Hall–Kier alpha value is -1.48. The molecule has 0 saturated heterocycles. The lowest BCUT2D eigenvalue weighted by Gasteiger charge is -2.36. The molecule has 0 amide bonds. The number of sulfonamides is 1. The molecule has 1 fully saturated rings. The number of thiophene rings is 1. The third kappa shape index (κ3) is 3.15. The van der Waals surface area contributed by atoms with Crippen LogP contribution in [0.5, 0.6) is 0 Å². The fourth-order valence-electron chi connectivity index (χ4n) is 3.70. The van der Waals surface area contributed by atoms with Gasteiger partial charge in [-0.1, -0.05) is 0 Å². The topological polar surface area (TPSA) is 62.6 Å². The van der Waals surface area contributed by atoms with E-state index in [1.165, 1.54) is 64.6 Å². The number of pyridine rings is 1. The molecular weight excluding hydrogens is 370 g/mol. The number of aromatic nitrogens is 1. The average molecular weight is 394 g/mol. The second-order valence-corrected chi connectivity index (χ2v) is 10.4. The van der Waals surface area contributed by atoms with Crippen LogP contribution in [0, 0.1) is 5.92 Å². The first-order valence-electron chi connectivity index (χ1n) is 8.81. The van der Waals surface area contributed by atoms with Gasteiger partial charge in [0.25, 0.3) is 5.56 Å². The van der Waals surface area contributed by atoms with Gasteiger partial charge in [-0.2, -0.15) is 0 Å². The fourth-order valence-corrected chi connectivity index (χ4v) is 5.53.